The number of carbonyl (C=O) groups is 2. The van der Waals surface area contributed by atoms with Crippen molar-refractivity contribution in [3.8, 4) is 0 Å². The first-order chi connectivity index (χ1) is 10.8. The Kier molecular flexibility index (Phi) is 4.73. The van der Waals surface area contributed by atoms with E-state index in [0.717, 1.165) is 5.56 Å². The number of carbonyl (C=O) groups excluding carboxylic acids is 1. The molecule has 23 heavy (non-hydrogen) atoms. The van der Waals surface area contributed by atoms with Gasteiger partial charge in [0.2, 0.25) is 0 Å². The van der Waals surface area contributed by atoms with E-state index in [9.17, 15) is 14.7 Å². The lowest BCUT2D eigenvalue weighted by molar-refractivity contribution is -0.139. The Hall–Kier alpha value is -2.77. The second-order valence-corrected chi connectivity index (χ2v) is 6.13. The van der Waals surface area contributed by atoms with Gasteiger partial charge in [0.25, 0.3) is 11.7 Å². The molecule has 0 aliphatic carbocycles. The molecule has 0 saturated heterocycles. The van der Waals surface area contributed by atoms with Gasteiger partial charge in [0.1, 0.15) is 6.04 Å². The molecular formula is C15H19N5O3. The van der Waals surface area contributed by atoms with Gasteiger partial charge in [0, 0.05) is 6.42 Å². The SMILES string of the molecule is CC(C)(C)n1nnc(C(=O)N[C@@H](Cc2ccccc2)C(=O)O)n1. The van der Waals surface area contributed by atoms with Crippen LogP contribution in [-0.4, -0.2) is 43.2 Å². The highest BCUT2D eigenvalue weighted by Gasteiger charge is 2.25. The topological polar surface area (TPSA) is 110 Å². The standard InChI is InChI=1S/C15H19N5O3/c1-15(2,3)20-18-12(17-19-20)13(21)16-11(14(22)23)9-10-7-5-4-6-8-10/h4-8,11H,9H2,1-3H3,(H,16,21)(H,22,23)/t11-/m0/s1. The van der Waals surface area contributed by atoms with Crippen LogP contribution in [0.25, 0.3) is 0 Å². The first-order valence-electron chi connectivity index (χ1n) is 7.15. The van der Waals surface area contributed by atoms with E-state index < -0.39 is 23.5 Å². The summed E-state index contributed by atoms with van der Waals surface area (Å²) in [4.78, 5) is 24.8. The van der Waals surface area contributed by atoms with Crippen LogP contribution in [0.5, 0.6) is 0 Å². The summed E-state index contributed by atoms with van der Waals surface area (Å²) in [5.41, 5.74) is 0.397. The van der Waals surface area contributed by atoms with Gasteiger partial charge in [-0.25, -0.2) is 4.79 Å². The molecule has 0 radical (unpaired) electrons. The summed E-state index contributed by atoms with van der Waals surface area (Å²) in [6.07, 6.45) is 0.176. The summed E-state index contributed by atoms with van der Waals surface area (Å²) >= 11 is 0. The van der Waals surface area contributed by atoms with E-state index in [4.69, 9.17) is 0 Å². The second-order valence-electron chi connectivity index (χ2n) is 6.13. The fourth-order valence-corrected chi connectivity index (χ4v) is 1.86. The van der Waals surface area contributed by atoms with Crippen LogP contribution in [0, 0.1) is 0 Å². The van der Waals surface area contributed by atoms with Crippen molar-refractivity contribution >= 4 is 11.9 Å². The Morgan fingerprint density at radius 3 is 2.43 bits per heavy atom. The van der Waals surface area contributed by atoms with Gasteiger partial charge < -0.3 is 10.4 Å². The highest BCUT2D eigenvalue weighted by molar-refractivity contribution is 5.93. The predicted octanol–water partition coefficient (Wildman–Crippen LogP) is 0.854. The Balaban J connectivity index is 2.09. The number of nitrogens with zero attached hydrogens (tertiary/aromatic N) is 4. The van der Waals surface area contributed by atoms with Gasteiger partial charge in [-0.2, -0.15) is 4.80 Å². The molecule has 0 aliphatic heterocycles. The number of tetrazole rings is 1. The van der Waals surface area contributed by atoms with Crippen LogP contribution in [0.15, 0.2) is 30.3 Å². The molecule has 8 nitrogen and oxygen atoms in total. The highest BCUT2D eigenvalue weighted by Crippen LogP contribution is 2.09. The molecule has 2 aromatic rings. The maximum absolute atomic E-state index is 12.1. The van der Waals surface area contributed by atoms with E-state index in [-0.39, 0.29) is 12.2 Å². The van der Waals surface area contributed by atoms with Gasteiger partial charge in [-0.1, -0.05) is 30.3 Å². The van der Waals surface area contributed by atoms with E-state index in [2.05, 4.69) is 20.7 Å². The first-order valence-corrected chi connectivity index (χ1v) is 7.15. The molecule has 8 heteroatoms. The first kappa shape index (κ1) is 16.6. The Bertz CT molecular complexity index is 691. The van der Waals surface area contributed by atoms with Crippen LogP contribution in [0.3, 0.4) is 0 Å². The third kappa shape index (κ3) is 4.35. The monoisotopic (exact) mass is 317 g/mol. The van der Waals surface area contributed by atoms with Crippen LogP contribution in [0.2, 0.25) is 0 Å². The van der Waals surface area contributed by atoms with Crippen molar-refractivity contribution in [3.63, 3.8) is 0 Å². The molecule has 1 aromatic carbocycles. The zero-order valence-electron chi connectivity index (χ0n) is 13.2. The zero-order chi connectivity index (χ0) is 17.0. The summed E-state index contributed by atoms with van der Waals surface area (Å²) in [6.45, 7) is 5.60. The van der Waals surface area contributed by atoms with Crippen molar-refractivity contribution in [2.45, 2.75) is 38.8 Å². The third-order valence-corrected chi connectivity index (χ3v) is 3.10. The Morgan fingerprint density at radius 1 is 1.26 bits per heavy atom. The number of benzene rings is 1. The summed E-state index contributed by atoms with van der Waals surface area (Å²) < 4.78 is 0. The fourth-order valence-electron chi connectivity index (χ4n) is 1.86. The number of aliphatic carboxylic acids is 1. The van der Waals surface area contributed by atoms with Crippen molar-refractivity contribution in [3.05, 3.63) is 41.7 Å². The van der Waals surface area contributed by atoms with Gasteiger partial charge in [-0.3, -0.25) is 4.79 Å². The summed E-state index contributed by atoms with van der Waals surface area (Å²) in [5, 5.41) is 23.2. The number of hydrogen-bond acceptors (Lipinski definition) is 5. The summed E-state index contributed by atoms with van der Waals surface area (Å²) in [7, 11) is 0. The molecule has 1 atom stereocenters. The predicted molar refractivity (Wildman–Crippen MR) is 81.8 cm³/mol. The molecule has 0 bridgehead atoms. The van der Waals surface area contributed by atoms with Gasteiger partial charge in [0.15, 0.2) is 0 Å². The van der Waals surface area contributed by atoms with Crippen molar-refractivity contribution in [2.75, 3.05) is 0 Å². The molecule has 1 amide bonds. The largest absolute Gasteiger partial charge is 0.480 e. The molecule has 0 spiro atoms. The molecule has 1 heterocycles. The lowest BCUT2D eigenvalue weighted by Crippen LogP contribution is -2.42. The number of rotatable bonds is 5. The number of hydrogen-bond donors (Lipinski definition) is 2. The quantitative estimate of drug-likeness (QED) is 0.846. The smallest absolute Gasteiger partial charge is 0.326 e. The minimum absolute atomic E-state index is 0.153. The molecule has 0 saturated carbocycles. The maximum Gasteiger partial charge on any atom is 0.326 e. The van der Waals surface area contributed by atoms with Crippen molar-refractivity contribution < 1.29 is 14.7 Å². The average molecular weight is 317 g/mol. The van der Waals surface area contributed by atoms with Gasteiger partial charge in [-0.15, -0.1) is 10.2 Å². The van der Waals surface area contributed by atoms with Crippen LogP contribution < -0.4 is 5.32 Å². The molecule has 0 aliphatic rings. The lowest BCUT2D eigenvalue weighted by atomic mass is 10.1. The molecule has 2 N–H and O–H groups in total. The fraction of sp³-hybridized carbons (Fsp3) is 0.400. The van der Waals surface area contributed by atoms with Crippen LogP contribution in [0.4, 0.5) is 0 Å². The third-order valence-electron chi connectivity index (χ3n) is 3.10. The maximum atomic E-state index is 12.1. The molecular weight excluding hydrogens is 298 g/mol. The average Bonchev–Trinajstić information content (AvgIpc) is 2.97. The number of carboxylic acid groups (broad SMARTS) is 1. The zero-order valence-corrected chi connectivity index (χ0v) is 13.2. The summed E-state index contributed by atoms with van der Waals surface area (Å²) in [6, 6.07) is 8.00. The summed E-state index contributed by atoms with van der Waals surface area (Å²) in [5.74, 6) is -1.94. The Morgan fingerprint density at radius 2 is 1.91 bits per heavy atom. The second kappa shape index (κ2) is 6.55. The number of amides is 1. The van der Waals surface area contributed by atoms with Crippen LogP contribution in [0.1, 0.15) is 37.0 Å². The van der Waals surface area contributed by atoms with Crippen LogP contribution >= 0.6 is 0 Å². The van der Waals surface area contributed by atoms with E-state index in [1.807, 2.05) is 39.0 Å². The molecule has 1 aromatic heterocycles. The minimum atomic E-state index is -1.12. The van der Waals surface area contributed by atoms with E-state index in [1.165, 1.54) is 4.80 Å². The normalized spacial score (nSPS) is 12.7. The van der Waals surface area contributed by atoms with Gasteiger partial charge >= 0.3 is 5.97 Å². The number of aromatic nitrogens is 4. The minimum Gasteiger partial charge on any atom is -0.480 e. The van der Waals surface area contributed by atoms with Crippen molar-refractivity contribution in [2.24, 2.45) is 0 Å². The van der Waals surface area contributed by atoms with Crippen molar-refractivity contribution in [1.29, 1.82) is 0 Å². The molecule has 122 valence electrons. The Labute approximate surface area is 133 Å². The van der Waals surface area contributed by atoms with Gasteiger partial charge in [-0.05, 0) is 31.5 Å². The van der Waals surface area contributed by atoms with Gasteiger partial charge in [0.05, 0.1) is 5.54 Å². The van der Waals surface area contributed by atoms with Crippen LogP contribution in [-0.2, 0) is 16.8 Å². The number of carboxylic acids is 1. The van der Waals surface area contributed by atoms with E-state index in [0.29, 0.717) is 0 Å². The van der Waals surface area contributed by atoms with E-state index >= 15 is 0 Å². The van der Waals surface area contributed by atoms with E-state index in [1.54, 1.807) is 12.1 Å². The molecule has 0 unspecified atom stereocenters. The lowest BCUT2D eigenvalue weighted by Gasteiger charge is -2.15. The number of nitrogens with one attached hydrogen (secondary N) is 1. The van der Waals surface area contributed by atoms with Crippen molar-refractivity contribution in [1.82, 2.24) is 25.5 Å². The highest BCUT2D eigenvalue weighted by atomic mass is 16.4. The molecule has 0 fully saturated rings. The molecule has 2 rings (SSSR count).